The fraction of sp³-hybridized carbons (Fsp3) is 1.00. The van der Waals surface area contributed by atoms with Gasteiger partial charge >= 0.3 is 0 Å². The number of β-amino-alcohol motifs (C(OH)–C–C–N with tert-alkyl or cyclic N) is 1. The van der Waals surface area contributed by atoms with E-state index in [1.165, 1.54) is 0 Å². The van der Waals surface area contributed by atoms with Crippen LogP contribution in [0.15, 0.2) is 0 Å². The van der Waals surface area contributed by atoms with Crippen LogP contribution in [0.5, 0.6) is 0 Å². The van der Waals surface area contributed by atoms with Gasteiger partial charge in [-0.2, -0.15) is 0 Å². The molecule has 1 aliphatic rings. The summed E-state index contributed by atoms with van der Waals surface area (Å²) < 4.78 is 20.5. The first kappa shape index (κ1) is 9.12. The number of aliphatic hydroxyl groups is 1. The van der Waals surface area contributed by atoms with Crippen molar-refractivity contribution in [2.24, 2.45) is 0 Å². The fourth-order valence-corrected chi connectivity index (χ4v) is 1.83. The van der Waals surface area contributed by atoms with Gasteiger partial charge in [0.15, 0.2) is 0 Å². The van der Waals surface area contributed by atoms with Crippen molar-refractivity contribution in [1.82, 2.24) is 4.90 Å². The Labute approximate surface area is 68.5 Å². The van der Waals surface area contributed by atoms with Crippen molar-refractivity contribution in [3.05, 3.63) is 0 Å². The average molecular weight is 178 g/mol. The Morgan fingerprint density at radius 3 is 3.00 bits per heavy atom. The fourth-order valence-electron chi connectivity index (χ4n) is 1.30. The van der Waals surface area contributed by atoms with Crippen LogP contribution in [-0.4, -0.2) is 43.8 Å². The number of piperidine rings is 1. The average Bonchev–Trinajstić information content (AvgIpc) is 1.85. The molecule has 1 rings (SSSR count). The van der Waals surface area contributed by atoms with Gasteiger partial charge in [0.1, 0.15) is 0 Å². The predicted molar refractivity (Wildman–Crippen MR) is 40.6 cm³/mol. The Morgan fingerprint density at radius 1 is 1.73 bits per heavy atom. The molecule has 0 aromatic heterocycles. The number of aliphatic hydroxyl groups excluding tert-OH is 1. The van der Waals surface area contributed by atoms with E-state index in [9.17, 15) is 8.76 Å². The lowest BCUT2D eigenvalue weighted by molar-refractivity contribution is 0.0801. The van der Waals surface area contributed by atoms with Crippen LogP contribution < -0.4 is 0 Å². The van der Waals surface area contributed by atoms with Crippen molar-refractivity contribution in [3.8, 4) is 0 Å². The van der Waals surface area contributed by atoms with Gasteiger partial charge in [-0.25, -0.2) is 0 Å². The zero-order chi connectivity index (χ0) is 8.27. The number of nitrogens with zero attached hydrogens (tertiary/aromatic N) is 1. The van der Waals surface area contributed by atoms with E-state index in [0.29, 0.717) is 6.54 Å². The molecule has 0 bridgehead atoms. The molecule has 0 radical (unpaired) electrons. The predicted octanol–water partition coefficient (Wildman–Crippen LogP) is -0.720. The van der Waals surface area contributed by atoms with Crippen molar-refractivity contribution >= 4 is 11.1 Å². The third-order valence-electron chi connectivity index (χ3n) is 1.77. The molecule has 1 heterocycles. The van der Waals surface area contributed by atoms with Crippen LogP contribution in [0.3, 0.4) is 0 Å². The smallest absolute Gasteiger partial charge is 0.0667 e. The summed E-state index contributed by atoms with van der Waals surface area (Å²) >= 11 is -2.01. The summed E-state index contributed by atoms with van der Waals surface area (Å²) in [5.74, 6) is 0.0526. The van der Waals surface area contributed by atoms with Crippen LogP contribution in [0, 0.1) is 0 Å². The highest BCUT2D eigenvalue weighted by Crippen LogP contribution is 2.09. The van der Waals surface area contributed by atoms with E-state index in [2.05, 4.69) is 0 Å². The van der Waals surface area contributed by atoms with Crippen LogP contribution in [0.25, 0.3) is 0 Å². The summed E-state index contributed by atoms with van der Waals surface area (Å²) in [6.07, 6.45) is 1.34. The standard InChI is InChI=1S/C6H13NO3S/c8-6-2-1-3-7(4-6)5-11(9)10/h6,8H,1-5H2,(H,9,10)/p-1. The van der Waals surface area contributed by atoms with E-state index < -0.39 is 11.1 Å². The molecule has 5 heteroatoms. The molecule has 0 amide bonds. The molecule has 1 N–H and O–H groups in total. The van der Waals surface area contributed by atoms with E-state index >= 15 is 0 Å². The molecule has 11 heavy (non-hydrogen) atoms. The zero-order valence-corrected chi connectivity index (χ0v) is 7.05. The van der Waals surface area contributed by atoms with E-state index in [-0.39, 0.29) is 12.0 Å². The SMILES string of the molecule is O=S([O-])CN1CCCC(O)C1. The molecule has 1 aliphatic heterocycles. The van der Waals surface area contributed by atoms with Gasteiger partial charge in [0.2, 0.25) is 0 Å². The highest BCUT2D eigenvalue weighted by molar-refractivity contribution is 7.79. The third kappa shape index (κ3) is 3.29. The Morgan fingerprint density at radius 2 is 2.45 bits per heavy atom. The Balaban J connectivity index is 2.28. The van der Waals surface area contributed by atoms with Crippen LogP contribution in [0.1, 0.15) is 12.8 Å². The summed E-state index contributed by atoms with van der Waals surface area (Å²) in [5.41, 5.74) is 0. The minimum Gasteiger partial charge on any atom is -0.771 e. The van der Waals surface area contributed by atoms with Crippen molar-refractivity contribution in [3.63, 3.8) is 0 Å². The van der Waals surface area contributed by atoms with E-state index in [4.69, 9.17) is 5.11 Å². The molecule has 2 atom stereocenters. The molecular formula is C6H12NO3S-. The summed E-state index contributed by atoms with van der Waals surface area (Å²) in [5, 5.41) is 9.15. The van der Waals surface area contributed by atoms with Crippen LogP contribution in [0.4, 0.5) is 0 Å². The molecule has 0 saturated carbocycles. The number of rotatable bonds is 2. The van der Waals surface area contributed by atoms with Crippen molar-refractivity contribution in [1.29, 1.82) is 0 Å². The first-order valence-corrected chi connectivity index (χ1v) is 4.89. The van der Waals surface area contributed by atoms with Gasteiger partial charge in [0.05, 0.1) is 12.0 Å². The maximum absolute atomic E-state index is 10.3. The number of likely N-dealkylation sites (tertiary alicyclic amines) is 1. The summed E-state index contributed by atoms with van der Waals surface area (Å²) in [6.45, 7) is 1.28. The van der Waals surface area contributed by atoms with E-state index in [0.717, 1.165) is 19.4 Å². The molecule has 1 fully saturated rings. The molecule has 0 aliphatic carbocycles. The van der Waals surface area contributed by atoms with Crippen LogP contribution in [-0.2, 0) is 11.1 Å². The molecule has 0 aromatic carbocycles. The highest BCUT2D eigenvalue weighted by Gasteiger charge is 2.16. The van der Waals surface area contributed by atoms with Crippen molar-refractivity contribution in [2.75, 3.05) is 19.0 Å². The second kappa shape index (κ2) is 4.15. The molecule has 2 unspecified atom stereocenters. The van der Waals surface area contributed by atoms with Gasteiger partial charge < -0.3 is 9.66 Å². The minimum atomic E-state index is -2.01. The van der Waals surface area contributed by atoms with Crippen molar-refractivity contribution < 1.29 is 13.9 Å². The van der Waals surface area contributed by atoms with E-state index in [1.807, 2.05) is 0 Å². The van der Waals surface area contributed by atoms with E-state index in [1.54, 1.807) is 4.90 Å². The summed E-state index contributed by atoms with van der Waals surface area (Å²) in [6, 6.07) is 0. The van der Waals surface area contributed by atoms with Gasteiger partial charge in [-0.05, 0) is 30.5 Å². The van der Waals surface area contributed by atoms with Gasteiger partial charge in [0, 0.05) is 6.54 Å². The quantitative estimate of drug-likeness (QED) is 0.567. The normalized spacial score (nSPS) is 30.2. The lowest BCUT2D eigenvalue weighted by atomic mass is 10.1. The minimum absolute atomic E-state index is 0.0526. The Bertz CT molecular complexity index is 153. The highest BCUT2D eigenvalue weighted by atomic mass is 32.2. The molecule has 4 nitrogen and oxygen atoms in total. The van der Waals surface area contributed by atoms with Gasteiger partial charge in [-0.1, -0.05) is 0 Å². The molecule has 1 saturated heterocycles. The first-order valence-electron chi connectivity index (χ1n) is 3.65. The number of hydrogen-bond donors (Lipinski definition) is 1. The number of hydrogen-bond acceptors (Lipinski definition) is 4. The largest absolute Gasteiger partial charge is 0.771 e. The Kier molecular flexibility index (Phi) is 3.45. The third-order valence-corrected chi connectivity index (χ3v) is 2.34. The Hall–Kier alpha value is 0.0300. The maximum atomic E-state index is 10.3. The second-order valence-corrected chi connectivity index (χ2v) is 3.67. The lowest BCUT2D eigenvalue weighted by Crippen LogP contribution is -2.39. The van der Waals surface area contributed by atoms with Crippen LogP contribution >= 0.6 is 0 Å². The van der Waals surface area contributed by atoms with Gasteiger partial charge in [-0.3, -0.25) is 9.11 Å². The molecule has 66 valence electrons. The monoisotopic (exact) mass is 178 g/mol. The second-order valence-electron chi connectivity index (χ2n) is 2.81. The lowest BCUT2D eigenvalue weighted by Gasteiger charge is -2.30. The van der Waals surface area contributed by atoms with Crippen molar-refractivity contribution in [2.45, 2.75) is 18.9 Å². The molecular weight excluding hydrogens is 166 g/mol. The molecule has 0 spiro atoms. The maximum Gasteiger partial charge on any atom is 0.0667 e. The van der Waals surface area contributed by atoms with Gasteiger partial charge in [0.25, 0.3) is 0 Å². The first-order chi connectivity index (χ1) is 5.18. The van der Waals surface area contributed by atoms with Crippen LogP contribution in [0.2, 0.25) is 0 Å². The summed E-state index contributed by atoms with van der Waals surface area (Å²) in [4.78, 5) is 1.75. The topological polar surface area (TPSA) is 63.6 Å². The zero-order valence-electron chi connectivity index (χ0n) is 6.23. The van der Waals surface area contributed by atoms with Gasteiger partial charge in [-0.15, -0.1) is 0 Å². The summed E-state index contributed by atoms with van der Waals surface area (Å²) in [7, 11) is 0. The molecule has 0 aromatic rings.